The molecule has 114 valence electrons. The minimum absolute atomic E-state index is 0.306. The Hall–Kier alpha value is -2.06. The molecular weight excluding hydrogens is 351 g/mol. The van der Waals surface area contributed by atoms with Crippen LogP contribution in [-0.2, 0) is 6.61 Å². The van der Waals surface area contributed by atoms with E-state index < -0.39 is 0 Å². The average molecular weight is 361 g/mol. The molecular formula is C17H10Cl2N2OS. The first kappa shape index (κ1) is 15.8. The number of pyridine rings is 1. The fourth-order valence-electron chi connectivity index (χ4n) is 1.96. The molecule has 3 rings (SSSR count). The van der Waals surface area contributed by atoms with Gasteiger partial charge in [0, 0.05) is 21.7 Å². The van der Waals surface area contributed by atoms with Crippen LogP contribution in [0.25, 0.3) is 10.6 Å². The number of hydrogen-bond acceptors (Lipinski definition) is 4. The molecule has 0 atom stereocenters. The van der Waals surface area contributed by atoms with E-state index in [2.05, 4.69) is 11.1 Å². The maximum atomic E-state index is 8.90. The highest BCUT2D eigenvalue weighted by Crippen LogP contribution is 2.28. The molecule has 0 bridgehead atoms. The fourth-order valence-corrected chi connectivity index (χ4v) is 3.19. The smallest absolute Gasteiger partial charge is 0.214 e. The molecule has 0 aliphatic heterocycles. The van der Waals surface area contributed by atoms with Crippen LogP contribution in [0.2, 0.25) is 10.0 Å². The molecule has 3 aromatic rings. The van der Waals surface area contributed by atoms with Crippen molar-refractivity contribution < 1.29 is 4.74 Å². The van der Waals surface area contributed by atoms with Gasteiger partial charge in [0.15, 0.2) is 0 Å². The third-order valence-electron chi connectivity index (χ3n) is 3.08. The Morgan fingerprint density at radius 1 is 1.13 bits per heavy atom. The normalized spacial score (nSPS) is 10.3. The van der Waals surface area contributed by atoms with Crippen molar-refractivity contribution in [2.45, 2.75) is 6.61 Å². The number of hydrogen-bond donors (Lipinski definition) is 0. The molecule has 0 fully saturated rings. The van der Waals surface area contributed by atoms with E-state index in [1.54, 1.807) is 24.3 Å². The summed E-state index contributed by atoms with van der Waals surface area (Å²) in [4.78, 5) is 6.04. The van der Waals surface area contributed by atoms with Crippen molar-refractivity contribution in [2.75, 3.05) is 0 Å². The number of rotatable bonds is 4. The van der Waals surface area contributed by atoms with Gasteiger partial charge in [-0.05, 0) is 30.3 Å². The zero-order chi connectivity index (χ0) is 16.2. The number of nitriles is 1. The van der Waals surface area contributed by atoms with Gasteiger partial charge >= 0.3 is 0 Å². The number of ether oxygens (including phenoxy) is 1. The van der Waals surface area contributed by atoms with Gasteiger partial charge in [-0.2, -0.15) is 5.26 Å². The highest BCUT2D eigenvalue weighted by molar-refractivity contribution is 7.15. The molecule has 0 aliphatic carbocycles. The van der Waals surface area contributed by atoms with Crippen molar-refractivity contribution in [3.8, 4) is 22.5 Å². The molecule has 0 radical (unpaired) electrons. The number of nitrogens with zero attached hydrogens (tertiary/aromatic N) is 2. The maximum Gasteiger partial charge on any atom is 0.214 e. The van der Waals surface area contributed by atoms with E-state index in [-0.39, 0.29) is 0 Å². The number of benzene rings is 1. The van der Waals surface area contributed by atoms with E-state index in [1.165, 1.54) is 11.3 Å². The summed E-state index contributed by atoms with van der Waals surface area (Å²) in [6.07, 6.45) is 0. The van der Waals surface area contributed by atoms with Gasteiger partial charge in [0.2, 0.25) is 5.88 Å². The summed E-state index contributed by atoms with van der Waals surface area (Å²) < 4.78 is 5.71. The third-order valence-corrected chi connectivity index (χ3v) is 4.68. The van der Waals surface area contributed by atoms with Gasteiger partial charge in [-0.1, -0.05) is 35.3 Å². The summed E-state index contributed by atoms with van der Waals surface area (Å²) in [5.41, 5.74) is 1.61. The SMILES string of the molecule is N#Cc1ccc(-c2cccc(OCc3ccc(Cl)cc3Cl)n2)s1. The monoisotopic (exact) mass is 360 g/mol. The second-order valence-corrected chi connectivity index (χ2v) is 6.59. The number of aromatic nitrogens is 1. The quantitative estimate of drug-likeness (QED) is 0.610. The van der Waals surface area contributed by atoms with Gasteiger partial charge in [-0.25, -0.2) is 4.98 Å². The van der Waals surface area contributed by atoms with Gasteiger partial charge in [0.25, 0.3) is 0 Å². The van der Waals surface area contributed by atoms with Crippen molar-refractivity contribution in [2.24, 2.45) is 0 Å². The summed E-state index contributed by atoms with van der Waals surface area (Å²) in [5.74, 6) is 0.500. The van der Waals surface area contributed by atoms with Crippen LogP contribution in [0.15, 0.2) is 48.5 Å². The van der Waals surface area contributed by atoms with Gasteiger partial charge in [-0.3, -0.25) is 0 Å². The summed E-state index contributed by atoms with van der Waals surface area (Å²) in [6, 6.07) is 16.6. The van der Waals surface area contributed by atoms with Crippen LogP contribution in [0.5, 0.6) is 5.88 Å². The largest absolute Gasteiger partial charge is 0.473 e. The minimum atomic E-state index is 0.306. The number of thiophene rings is 1. The molecule has 0 saturated carbocycles. The van der Waals surface area contributed by atoms with Crippen molar-refractivity contribution in [3.05, 3.63) is 69.0 Å². The van der Waals surface area contributed by atoms with Crippen molar-refractivity contribution in [3.63, 3.8) is 0 Å². The Labute approximate surface area is 147 Å². The first-order valence-electron chi connectivity index (χ1n) is 6.70. The molecule has 1 aromatic carbocycles. The van der Waals surface area contributed by atoms with E-state index in [9.17, 15) is 0 Å². The molecule has 2 heterocycles. The van der Waals surface area contributed by atoms with Crippen LogP contribution in [0, 0.1) is 11.3 Å². The molecule has 0 amide bonds. The molecule has 3 nitrogen and oxygen atoms in total. The molecule has 0 aliphatic rings. The fraction of sp³-hybridized carbons (Fsp3) is 0.0588. The summed E-state index contributed by atoms with van der Waals surface area (Å²) in [6.45, 7) is 0.306. The van der Waals surface area contributed by atoms with E-state index in [4.69, 9.17) is 33.2 Å². The lowest BCUT2D eigenvalue weighted by Gasteiger charge is -2.08. The summed E-state index contributed by atoms with van der Waals surface area (Å²) in [5, 5.41) is 10.1. The van der Waals surface area contributed by atoms with E-state index in [0.717, 1.165) is 16.1 Å². The van der Waals surface area contributed by atoms with Gasteiger partial charge in [0.1, 0.15) is 17.6 Å². The summed E-state index contributed by atoms with van der Waals surface area (Å²) in [7, 11) is 0. The van der Waals surface area contributed by atoms with E-state index in [0.29, 0.717) is 27.4 Å². The zero-order valence-corrected chi connectivity index (χ0v) is 14.1. The van der Waals surface area contributed by atoms with Crippen molar-refractivity contribution in [1.29, 1.82) is 5.26 Å². The van der Waals surface area contributed by atoms with E-state index >= 15 is 0 Å². The molecule has 23 heavy (non-hydrogen) atoms. The lowest BCUT2D eigenvalue weighted by molar-refractivity contribution is 0.294. The van der Waals surface area contributed by atoms with Crippen LogP contribution in [0.1, 0.15) is 10.4 Å². The van der Waals surface area contributed by atoms with Crippen molar-refractivity contribution >= 4 is 34.5 Å². The van der Waals surface area contributed by atoms with E-state index in [1.807, 2.05) is 24.3 Å². The first-order chi connectivity index (χ1) is 11.2. The van der Waals surface area contributed by atoms with Crippen LogP contribution in [0.3, 0.4) is 0 Å². The molecule has 6 heteroatoms. The minimum Gasteiger partial charge on any atom is -0.473 e. The second-order valence-electron chi connectivity index (χ2n) is 4.66. The topological polar surface area (TPSA) is 45.9 Å². The lowest BCUT2D eigenvalue weighted by Crippen LogP contribution is -1.98. The number of halogens is 2. The first-order valence-corrected chi connectivity index (χ1v) is 8.27. The van der Waals surface area contributed by atoms with Crippen LogP contribution >= 0.6 is 34.5 Å². The Morgan fingerprint density at radius 3 is 2.74 bits per heavy atom. The Kier molecular flexibility index (Phi) is 4.82. The van der Waals surface area contributed by atoms with Gasteiger partial charge in [-0.15, -0.1) is 11.3 Å². The third kappa shape index (κ3) is 3.83. The molecule has 0 unspecified atom stereocenters. The lowest BCUT2D eigenvalue weighted by atomic mass is 10.2. The average Bonchev–Trinajstić information content (AvgIpc) is 3.03. The Morgan fingerprint density at radius 2 is 2.00 bits per heavy atom. The molecule has 0 N–H and O–H groups in total. The van der Waals surface area contributed by atoms with Crippen LogP contribution in [-0.4, -0.2) is 4.98 Å². The molecule has 2 aromatic heterocycles. The predicted molar refractivity (Wildman–Crippen MR) is 93.1 cm³/mol. The molecule has 0 spiro atoms. The Bertz CT molecular complexity index is 886. The summed E-state index contributed by atoms with van der Waals surface area (Å²) >= 11 is 13.4. The maximum absolute atomic E-state index is 8.90. The zero-order valence-electron chi connectivity index (χ0n) is 11.8. The van der Waals surface area contributed by atoms with Gasteiger partial charge < -0.3 is 4.74 Å². The standard InChI is InChI=1S/C17H10Cl2N2OS/c18-12-5-4-11(14(19)8-12)10-22-17-3-1-2-15(21-17)16-7-6-13(9-20)23-16/h1-8H,10H2. The molecule has 0 saturated heterocycles. The van der Waals surface area contributed by atoms with Crippen LogP contribution < -0.4 is 4.74 Å². The highest BCUT2D eigenvalue weighted by Gasteiger charge is 2.07. The van der Waals surface area contributed by atoms with Crippen molar-refractivity contribution in [1.82, 2.24) is 4.98 Å². The van der Waals surface area contributed by atoms with Gasteiger partial charge in [0.05, 0.1) is 10.6 Å². The highest BCUT2D eigenvalue weighted by atomic mass is 35.5. The van der Waals surface area contributed by atoms with Crippen LogP contribution in [0.4, 0.5) is 0 Å². The predicted octanol–water partition coefficient (Wildman–Crippen LogP) is 5.57. The Balaban J connectivity index is 1.76. The second kappa shape index (κ2) is 7.01.